The number of nitrogens with zero attached hydrogens (tertiary/aromatic N) is 2. The zero-order valence-electron chi connectivity index (χ0n) is 10.3. The van der Waals surface area contributed by atoms with Crippen molar-refractivity contribution in [3.05, 3.63) is 29.8 Å². The van der Waals surface area contributed by atoms with E-state index in [0.29, 0.717) is 0 Å². The lowest BCUT2D eigenvalue weighted by atomic mass is 10.2. The van der Waals surface area contributed by atoms with E-state index in [2.05, 4.69) is 4.40 Å². The fraction of sp³-hybridized carbons (Fsp3) is 0.300. The molecule has 9 heteroatoms. The Morgan fingerprint density at radius 3 is 2.11 bits per heavy atom. The lowest BCUT2D eigenvalue weighted by Gasteiger charge is -2.16. The maximum Gasteiger partial charge on any atom is 0.346 e. The number of carbonyl (C=O) groups excluding carboxylic acids is 1. The number of sulfonamides is 1. The molecule has 7 nitrogen and oxygen atoms in total. The van der Waals surface area contributed by atoms with Gasteiger partial charge in [0.1, 0.15) is 0 Å². The number of benzene rings is 1. The summed E-state index contributed by atoms with van der Waals surface area (Å²) in [5.41, 5.74) is 0.829. The van der Waals surface area contributed by atoms with E-state index < -0.39 is 20.2 Å². The Morgan fingerprint density at radius 2 is 1.68 bits per heavy atom. The first-order chi connectivity index (χ1) is 8.75. The molecule has 0 fully saturated rings. The summed E-state index contributed by atoms with van der Waals surface area (Å²) in [4.78, 5) is 9.87. The zero-order chi connectivity index (χ0) is 14.7. The highest BCUT2D eigenvalue weighted by atomic mass is 32.3. The van der Waals surface area contributed by atoms with Crippen LogP contribution in [0.15, 0.2) is 33.6 Å². The summed E-state index contributed by atoms with van der Waals surface area (Å²) in [5.74, 6) is 0. The van der Waals surface area contributed by atoms with E-state index in [4.69, 9.17) is 0 Å². The SMILES string of the molecule is CCN(S(=O)(=O)N=C=O)S(=O)(=O)c1ccc(C)cc1. The summed E-state index contributed by atoms with van der Waals surface area (Å²) >= 11 is 0. The van der Waals surface area contributed by atoms with Gasteiger partial charge in [0.15, 0.2) is 0 Å². The van der Waals surface area contributed by atoms with Crippen molar-refractivity contribution in [3.8, 4) is 0 Å². The highest BCUT2D eigenvalue weighted by molar-refractivity contribution is 8.03. The quantitative estimate of drug-likeness (QED) is 0.585. The molecule has 1 aromatic rings. The molecule has 0 aliphatic carbocycles. The molecule has 0 saturated heterocycles. The Morgan fingerprint density at radius 1 is 1.16 bits per heavy atom. The highest BCUT2D eigenvalue weighted by Crippen LogP contribution is 2.19. The molecule has 0 aromatic heterocycles. The lowest BCUT2D eigenvalue weighted by Crippen LogP contribution is -2.35. The van der Waals surface area contributed by atoms with Crippen molar-refractivity contribution in [1.82, 2.24) is 3.71 Å². The number of hydrogen-bond donors (Lipinski definition) is 0. The average molecular weight is 304 g/mol. The van der Waals surface area contributed by atoms with Gasteiger partial charge in [0, 0.05) is 6.54 Å². The van der Waals surface area contributed by atoms with Gasteiger partial charge in [-0.25, -0.2) is 13.2 Å². The van der Waals surface area contributed by atoms with Crippen molar-refractivity contribution < 1.29 is 21.6 Å². The molecular formula is C10H12N2O5S2. The van der Waals surface area contributed by atoms with E-state index in [0.717, 1.165) is 11.6 Å². The Labute approximate surface area is 111 Å². The third-order valence-electron chi connectivity index (χ3n) is 2.26. The van der Waals surface area contributed by atoms with Gasteiger partial charge in [-0.1, -0.05) is 32.7 Å². The van der Waals surface area contributed by atoms with Gasteiger partial charge in [0.05, 0.1) is 4.90 Å². The molecule has 0 aliphatic rings. The van der Waals surface area contributed by atoms with Crippen LogP contribution < -0.4 is 0 Å². The van der Waals surface area contributed by atoms with Crippen LogP contribution in [0.3, 0.4) is 0 Å². The van der Waals surface area contributed by atoms with Crippen LogP contribution in [0.1, 0.15) is 12.5 Å². The molecule has 104 valence electrons. The fourth-order valence-electron chi connectivity index (χ4n) is 1.38. The second kappa shape index (κ2) is 5.62. The van der Waals surface area contributed by atoms with Crippen molar-refractivity contribution in [2.24, 2.45) is 4.40 Å². The molecular weight excluding hydrogens is 292 g/mol. The average Bonchev–Trinajstić information content (AvgIpc) is 2.29. The monoisotopic (exact) mass is 304 g/mol. The van der Waals surface area contributed by atoms with Crippen molar-refractivity contribution in [1.29, 1.82) is 0 Å². The van der Waals surface area contributed by atoms with E-state index in [1.165, 1.54) is 31.2 Å². The topological polar surface area (TPSA) is 101 Å². The van der Waals surface area contributed by atoms with Gasteiger partial charge < -0.3 is 0 Å². The largest absolute Gasteiger partial charge is 0.346 e. The minimum Gasteiger partial charge on any atom is -0.210 e. The summed E-state index contributed by atoms with van der Waals surface area (Å²) in [6, 6.07) is 5.65. The maximum atomic E-state index is 12.2. The van der Waals surface area contributed by atoms with Gasteiger partial charge >= 0.3 is 10.2 Å². The molecule has 0 saturated carbocycles. The minimum absolute atomic E-state index is 0.148. The first kappa shape index (κ1) is 15.5. The number of rotatable bonds is 5. The summed E-state index contributed by atoms with van der Waals surface area (Å²) in [5, 5.41) is 0. The second-order valence-corrected chi connectivity index (χ2v) is 7.18. The van der Waals surface area contributed by atoms with Gasteiger partial charge in [-0.05, 0) is 19.1 Å². The first-order valence-corrected chi connectivity index (χ1v) is 8.03. The van der Waals surface area contributed by atoms with Gasteiger partial charge in [-0.3, -0.25) is 0 Å². The van der Waals surface area contributed by atoms with E-state index in [1.807, 2.05) is 0 Å². The molecule has 0 atom stereocenters. The predicted molar refractivity (Wildman–Crippen MR) is 67.8 cm³/mol. The van der Waals surface area contributed by atoms with Crippen LogP contribution in [-0.4, -0.2) is 33.2 Å². The smallest absolute Gasteiger partial charge is 0.210 e. The Hall–Kier alpha value is -1.54. The van der Waals surface area contributed by atoms with Gasteiger partial charge in [0.2, 0.25) is 0 Å². The van der Waals surface area contributed by atoms with Gasteiger partial charge in [0.25, 0.3) is 16.1 Å². The molecule has 0 aliphatic heterocycles. The molecule has 19 heavy (non-hydrogen) atoms. The summed E-state index contributed by atoms with van der Waals surface area (Å²) in [6.45, 7) is 2.72. The minimum atomic E-state index is -4.59. The highest BCUT2D eigenvalue weighted by Gasteiger charge is 2.33. The van der Waals surface area contributed by atoms with Gasteiger partial charge in [-0.15, -0.1) is 0 Å². The summed E-state index contributed by atoms with van der Waals surface area (Å²) in [6.07, 6.45) is 0.836. The van der Waals surface area contributed by atoms with E-state index in [9.17, 15) is 21.6 Å². The number of hydrogen-bond acceptors (Lipinski definition) is 5. The predicted octanol–water partition coefficient (Wildman–Crippen LogP) is 0.586. The molecule has 0 unspecified atom stereocenters. The fourth-order valence-corrected chi connectivity index (χ4v) is 4.29. The molecule has 0 amide bonds. The summed E-state index contributed by atoms with van der Waals surface area (Å²) < 4.78 is 50.1. The van der Waals surface area contributed by atoms with E-state index >= 15 is 0 Å². The van der Waals surface area contributed by atoms with Crippen LogP contribution in [0.4, 0.5) is 0 Å². The summed E-state index contributed by atoms with van der Waals surface area (Å²) in [7, 11) is -8.87. The molecule has 0 spiro atoms. The standard InChI is InChI=1S/C10H12N2O5S2/c1-3-12(19(16,17)11-8-13)18(14,15)10-6-4-9(2)5-7-10/h4-7H,3H2,1-2H3. The third-order valence-corrected chi connectivity index (χ3v) is 6.15. The van der Waals surface area contributed by atoms with Crippen LogP contribution in [0.25, 0.3) is 0 Å². The Kier molecular flexibility index (Phi) is 4.59. The zero-order valence-corrected chi connectivity index (χ0v) is 11.9. The van der Waals surface area contributed by atoms with Crippen molar-refractivity contribution >= 4 is 26.3 Å². The normalized spacial score (nSPS) is 12.2. The number of aryl methyl sites for hydroxylation is 1. The molecule has 1 rings (SSSR count). The van der Waals surface area contributed by atoms with E-state index in [-0.39, 0.29) is 15.2 Å². The Bertz CT molecular complexity index is 701. The number of isocyanates is 1. The Balaban J connectivity index is 3.39. The van der Waals surface area contributed by atoms with Crippen molar-refractivity contribution in [2.45, 2.75) is 18.7 Å². The lowest BCUT2D eigenvalue weighted by molar-refractivity contribution is 0.506. The molecule has 0 radical (unpaired) electrons. The van der Waals surface area contributed by atoms with Gasteiger partial charge in [-0.2, -0.15) is 8.42 Å². The third kappa shape index (κ3) is 3.27. The van der Waals surface area contributed by atoms with Crippen molar-refractivity contribution in [2.75, 3.05) is 6.54 Å². The van der Waals surface area contributed by atoms with Crippen LogP contribution >= 0.6 is 0 Å². The molecule has 0 N–H and O–H groups in total. The second-order valence-electron chi connectivity index (χ2n) is 3.57. The van der Waals surface area contributed by atoms with Crippen LogP contribution in [-0.2, 0) is 25.0 Å². The first-order valence-electron chi connectivity index (χ1n) is 5.19. The van der Waals surface area contributed by atoms with E-state index in [1.54, 1.807) is 6.92 Å². The molecule has 1 aromatic carbocycles. The molecule has 0 heterocycles. The van der Waals surface area contributed by atoms with Crippen molar-refractivity contribution in [3.63, 3.8) is 0 Å². The van der Waals surface area contributed by atoms with Crippen LogP contribution in [0.5, 0.6) is 0 Å². The van der Waals surface area contributed by atoms with Crippen LogP contribution in [0, 0.1) is 6.92 Å². The maximum absolute atomic E-state index is 12.2. The molecule has 0 bridgehead atoms. The van der Waals surface area contributed by atoms with Crippen LogP contribution in [0.2, 0.25) is 0 Å².